The molecule has 77 valence electrons. The summed E-state index contributed by atoms with van der Waals surface area (Å²) in [6.45, 7) is 0. The molecule has 0 fully saturated rings. The van der Waals surface area contributed by atoms with E-state index < -0.39 is 0 Å². The van der Waals surface area contributed by atoms with Gasteiger partial charge in [-0.3, -0.25) is 0 Å². The van der Waals surface area contributed by atoms with Crippen molar-refractivity contribution in [2.75, 3.05) is 0 Å². The van der Waals surface area contributed by atoms with Crippen LogP contribution in [0.5, 0.6) is 0 Å². The zero-order valence-corrected chi connectivity index (χ0v) is 9.58. The van der Waals surface area contributed by atoms with Crippen molar-refractivity contribution >= 4 is 21.4 Å². The third kappa shape index (κ3) is 1.74. The number of rotatable bonds is 2. The highest BCUT2D eigenvalue weighted by atomic mass is 32.1. The average molecular weight is 223 g/mol. The molecule has 0 aliphatic heterocycles. The lowest BCUT2D eigenvalue weighted by Crippen LogP contribution is -1.81. The largest absolute Gasteiger partial charge is 0.143 e. The van der Waals surface area contributed by atoms with Crippen molar-refractivity contribution in [1.82, 2.24) is 0 Å². The van der Waals surface area contributed by atoms with Crippen molar-refractivity contribution in [1.29, 1.82) is 0 Å². The zero-order chi connectivity index (χ0) is 10.8. The van der Waals surface area contributed by atoms with Crippen LogP contribution in [0, 0.1) is 6.42 Å². The van der Waals surface area contributed by atoms with E-state index in [0.29, 0.717) is 0 Å². The van der Waals surface area contributed by atoms with E-state index in [2.05, 4.69) is 60.3 Å². The normalized spacial score (nSPS) is 10.8. The number of fused-ring (bicyclic) bond motifs is 1. The average Bonchev–Trinajstić information content (AvgIpc) is 2.74. The first-order valence-corrected chi connectivity index (χ1v) is 6.17. The quantitative estimate of drug-likeness (QED) is 0.600. The first-order valence-electron chi connectivity index (χ1n) is 5.29. The van der Waals surface area contributed by atoms with Crippen molar-refractivity contribution in [2.24, 2.45) is 0 Å². The highest BCUT2D eigenvalue weighted by Gasteiger charge is 2.03. The third-order valence-electron chi connectivity index (χ3n) is 2.63. The molecule has 0 amide bonds. The minimum absolute atomic E-state index is 1.26. The number of hydrogen-bond donors (Lipinski definition) is 0. The molecule has 16 heavy (non-hydrogen) atoms. The van der Waals surface area contributed by atoms with Gasteiger partial charge >= 0.3 is 0 Å². The predicted molar refractivity (Wildman–Crippen MR) is 70.8 cm³/mol. The highest BCUT2D eigenvalue weighted by Crippen LogP contribution is 2.28. The second kappa shape index (κ2) is 4.11. The van der Waals surface area contributed by atoms with Crippen molar-refractivity contribution in [3.8, 4) is 0 Å². The van der Waals surface area contributed by atoms with Crippen LogP contribution in [0.15, 0.2) is 60.0 Å². The summed E-state index contributed by atoms with van der Waals surface area (Å²) in [6.07, 6.45) is 2.23. The Hall–Kier alpha value is -1.60. The first-order chi connectivity index (χ1) is 7.93. The van der Waals surface area contributed by atoms with Crippen molar-refractivity contribution in [2.45, 2.75) is 0 Å². The summed E-state index contributed by atoms with van der Waals surface area (Å²) in [7, 11) is 0. The molecule has 1 heterocycles. The molecule has 0 unspecified atom stereocenters. The smallest absolute Gasteiger partial charge is 0.0345 e. The lowest BCUT2D eigenvalue weighted by Gasteiger charge is -1.99. The Balaban J connectivity index is 2.01. The minimum Gasteiger partial charge on any atom is -0.143 e. The van der Waals surface area contributed by atoms with Crippen LogP contribution in [-0.2, 0) is 0 Å². The van der Waals surface area contributed by atoms with Gasteiger partial charge in [-0.05, 0) is 28.0 Å². The molecule has 0 N–H and O–H groups in total. The van der Waals surface area contributed by atoms with Crippen LogP contribution in [0.2, 0.25) is 0 Å². The van der Waals surface area contributed by atoms with Crippen molar-refractivity contribution < 1.29 is 0 Å². The molecule has 3 aromatic rings. The summed E-state index contributed by atoms with van der Waals surface area (Å²) in [6, 6.07) is 19.0. The monoisotopic (exact) mass is 223 g/mol. The van der Waals surface area contributed by atoms with Crippen LogP contribution in [0.4, 0.5) is 0 Å². The topological polar surface area (TPSA) is 0 Å². The predicted octanol–water partition coefficient (Wildman–Crippen LogP) is 4.50. The number of hydrogen-bond acceptors (Lipinski definition) is 1. The minimum atomic E-state index is 1.26. The van der Waals surface area contributed by atoms with Gasteiger partial charge in [0.2, 0.25) is 0 Å². The fourth-order valence-corrected chi connectivity index (χ4v) is 2.76. The lowest BCUT2D eigenvalue weighted by molar-refractivity contribution is 1.48. The molecule has 0 aliphatic carbocycles. The summed E-state index contributed by atoms with van der Waals surface area (Å²) in [5, 5.41) is 3.56. The van der Waals surface area contributed by atoms with E-state index >= 15 is 0 Å². The van der Waals surface area contributed by atoms with Crippen molar-refractivity contribution in [3.63, 3.8) is 0 Å². The zero-order valence-electron chi connectivity index (χ0n) is 8.76. The molecule has 1 heteroatoms. The molecule has 3 rings (SSSR count). The Morgan fingerprint density at radius 2 is 1.56 bits per heavy atom. The Kier molecular flexibility index (Phi) is 2.47. The molecule has 2 aromatic carbocycles. The van der Waals surface area contributed by atoms with Crippen LogP contribution < -0.4 is 0 Å². The van der Waals surface area contributed by atoms with E-state index in [1.807, 2.05) is 6.07 Å². The Labute approximate surface area is 99.2 Å². The molecule has 0 spiro atoms. The highest BCUT2D eigenvalue weighted by molar-refractivity contribution is 7.17. The SMILES string of the molecule is [CH](c1ccccc1)c1csc2ccccc12. The first kappa shape index (κ1) is 9.61. The van der Waals surface area contributed by atoms with Crippen LogP contribution in [0.1, 0.15) is 11.1 Å². The van der Waals surface area contributed by atoms with E-state index in [9.17, 15) is 0 Å². The molecule has 0 saturated carbocycles. The Morgan fingerprint density at radius 3 is 2.44 bits per heavy atom. The number of benzene rings is 2. The van der Waals surface area contributed by atoms with Crippen LogP contribution in [0.25, 0.3) is 10.1 Å². The summed E-state index contributed by atoms with van der Waals surface area (Å²) < 4.78 is 1.35. The molecule has 0 atom stereocenters. The van der Waals surface area contributed by atoms with Gasteiger partial charge in [0, 0.05) is 11.1 Å². The maximum absolute atomic E-state index is 2.23. The van der Waals surface area contributed by atoms with Crippen LogP contribution in [0.3, 0.4) is 0 Å². The third-order valence-corrected chi connectivity index (χ3v) is 3.61. The second-order valence-corrected chi connectivity index (χ2v) is 4.65. The van der Waals surface area contributed by atoms with Gasteiger partial charge in [0.25, 0.3) is 0 Å². The van der Waals surface area contributed by atoms with E-state index in [-0.39, 0.29) is 0 Å². The summed E-state index contributed by atoms with van der Waals surface area (Å²) in [5.74, 6) is 0. The van der Waals surface area contributed by atoms with Gasteiger partial charge in [-0.15, -0.1) is 11.3 Å². The molecule has 0 saturated heterocycles. The van der Waals surface area contributed by atoms with E-state index in [1.165, 1.54) is 21.2 Å². The van der Waals surface area contributed by atoms with E-state index in [0.717, 1.165) is 0 Å². The lowest BCUT2D eigenvalue weighted by atomic mass is 10.0. The van der Waals surface area contributed by atoms with Gasteiger partial charge in [-0.2, -0.15) is 0 Å². The Morgan fingerprint density at radius 1 is 0.812 bits per heavy atom. The second-order valence-electron chi connectivity index (χ2n) is 3.74. The summed E-state index contributed by atoms with van der Waals surface area (Å²) >= 11 is 1.80. The molecule has 0 aliphatic rings. The van der Waals surface area contributed by atoms with Gasteiger partial charge in [0.05, 0.1) is 0 Å². The van der Waals surface area contributed by atoms with Crippen LogP contribution >= 0.6 is 11.3 Å². The Bertz CT molecular complexity index is 593. The van der Waals surface area contributed by atoms with Gasteiger partial charge < -0.3 is 0 Å². The summed E-state index contributed by atoms with van der Waals surface area (Å²) in [4.78, 5) is 0. The number of thiophene rings is 1. The van der Waals surface area contributed by atoms with Gasteiger partial charge in [-0.1, -0.05) is 48.5 Å². The molecule has 1 aromatic heterocycles. The summed E-state index contributed by atoms with van der Waals surface area (Å²) in [5.41, 5.74) is 2.57. The molecular formula is C15H11S. The fraction of sp³-hybridized carbons (Fsp3) is 0. The van der Waals surface area contributed by atoms with Gasteiger partial charge in [0.1, 0.15) is 0 Å². The maximum Gasteiger partial charge on any atom is 0.0345 e. The molecule has 0 nitrogen and oxygen atoms in total. The molecule has 0 bridgehead atoms. The standard InChI is InChI=1S/C15H11S/c1-2-6-12(7-3-1)10-13-11-16-15-9-5-4-8-14(13)15/h1-11H. The van der Waals surface area contributed by atoms with Crippen molar-refractivity contribution in [3.05, 3.63) is 77.5 Å². The molecule has 1 radical (unpaired) electrons. The van der Waals surface area contributed by atoms with Gasteiger partial charge in [-0.25, -0.2) is 0 Å². The van der Waals surface area contributed by atoms with E-state index in [4.69, 9.17) is 0 Å². The van der Waals surface area contributed by atoms with Crippen LogP contribution in [-0.4, -0.2) is 0 Å². The van der Waals surface area contributed by atoms with E-state index in [1.54, 1.807) is 11.3 Å². The maximum atomic E-state index is 2.23. The molecular weight excluding hydrogens is 212 g/mol. The van der Waals surface area contributed by atoms with Gasteiger partial charge in [0.15, 0.2) is 0 Å². The fourth-order valence-electron chi connectivity index (χ4n) is 1.84.